The van der Waals surface area contributed by atoms with E-state index in [-0.39, 0.29) is 5.03 Å². The molecule has 0 saturated heterocycles. The Morgan fingerprint density at radius 2 is 2.62 bits per heavy atom. The monoisotopic (exact) mass is 132 g/mol. The van der Waals surface area contributed by atoms with E-state index in [2.05, 4.69) is 9.68 Å². The Morgan fingerprint density at radius 3 is 2.88 bits per heavy atom. The molecule has 0 amide bonds. The molecule has 1 atom stereocenters. The Morgan fingerprint density at radius 1 is 1.88 bits per heavy atom. The predicted octanol–water partition coefficient (Wildman–Crippen LogP) is -0.0874. The fourth-order valence-corrected chi connectivity index (χ4v) is 0.558. The van der Waals surface area contributed by atoms with Gasteiger partial charge in [0.2, 0.25) is 0 Å². The largest absolute Gasteiger partial charge is 0.767 e. The first-order chi connectivity index (χ1) is 3.80. The zero-order chi connectivity index (χ0) is 5.98. The van der Waals surface area contributed by atoms with Gasteiger partial charge in [0.15, 0.2) is 5.03 Å². The Bertz CT molecular complexity index is 182. The van der Waals surface area contributed by atoms with E-state index in [0.717, 1.165) is 0 Å². The average molecular weight is 132 g/mol. The molecular weight excluding hydrogens is 130 g/mol. The lowest BCUT2D eigenvalue weighted by atomic mass is 10.8. The van der Waals surface area contributed by atoms with Crippen LogP contribution >= 0.6 is 0 Å². The summed E-state index contributed by atoms with van der Waals surface area (Å²) in [5, 5.41) is 3.06. The summed E-state index contributed by atoms with van der Waals surface area (Å²) < 4.78 is 24.1. The zero-order valence-corrected chi connectivity index (χ0v) is 4.55. The number of rotatable bonds is 1. The van der Waals surface area contributed by atoms with Crippen LogP contribution < -0.4 is 0 Å². The van der Waals surface area contributed by atoms with Gasteiger partial charge in [-0.3, -0.25) is 4.21 Å². The Labute approximate surface area is 47.8 Å². The van der Waals surface area contributed by atoms with E-state index in [1.165, 1.54) is 12.3 Å². The SMILES string of the molecule is O=S([O-])c1ccon1. The van der Waals surface area contributed by atoms with E-state index in [1.807, 2.05) is 0 Å². The second kappa shape index (κ2) is 2.06. The van der Waals surface area contributed by atoms with Crippen molar-refractivity contribution in [1.29, 1.82) is 0 Å². The van der Waals surface area contributed by atoms with Gasteiger partial charge in [-0.2, -0.15) is 0 Å². The first-order valence-corrected chi connectivity index (χ1v) is 2.88. The molecule has 4 nitrogen and oxygen atoms in total. The smallest absolute Gasteiger partial charge is 0.156 e. The topological polar surface area (TPSA) is 66.2 Å². The molecule has 0 aliphatic rings. The van der Waals surface area contributed by atoms with Gasteiger partial charge in [0.1, 0.15) is 6.26 Å². The molecule has 1 unspecified atom stereocenters. The van der Waals surface area contributed by atoms with Crippen LogP contribution in [0.25, 0.3) is 0 Å². The van der Waals surface area contributed by atoms with Crippen molar-refractivity contribution in [3.63, 3.8) is 0 Å². The highest BCUT2D eigenvalue weighted by molar-refractivity contribution is 7.79. The van der Waals surface area contributed by atoms with E-state index in [4.69, 9.17) is 0 Å². The van der Waals surface area contributed by atoms with Gasteiger partial charge in [-0.05, 0) is 0 Å². The minimum atomic E-state index is -2.25. The van der Waals surface area contributed by atoms with Crippen molar-refractivity contribution < 1.29 is 13.3 Å². The van der Waals surface area contributed by atoms with Gasteiger partial charge in [0.05, 0.1) is 0 Å². The number of aromatic nitrogens is 1. The molecule has 0 saturated carbocycles. The Hall–Kier alpha value is -0.680. The molecule has 1 aromatic heterocycles. The van der Waals surface area contributed by atoms with Gasteiger partial charge < -0.3 is 9.08 Å². The zero-order valence-electron chi connectivity index (χ0n) is 3.73. The number of hydrogen-bond donors (Lipinski definition) is 0. The summed E-state index contributed by atoms with van der Waals surface area (Å²) in [7, 11) is 0. The summed E-state index contributed by atoms with van der Waals surface area (Å²) >= 11 is -2.25. The third-order valence-corrected chi connectivity index (χ3v) is 1.14. The third-order valence-electron chi connectivity index (χ3n) is 0.585. The molecule has 5 heteroatoms. The van der Waals surface area contributed by atoms with Crippen molar-refractivity contribution in [2.45, 2.75) is 5.03 Å². The summed E-state index contributed by atoms with van der Waals surface area (Å²) in [6.45, 7) is 0. The molecule has 0 radical (unpaired) electrons. The minimum absolute atomic E-state index is 0.0648. The van der Waals surface area contributed by atoms with Gasteiger partial charge in [-0.1, -0.05) is 5.16 Å². The van der Waals surface area contributed by atoms with E-state index < -0.39 is 11.1 Å². The van der Waals surface area contributed by atoms with E-state index >= 15 is 0 Å². The molecule has 0 aliphatic heterocycles. The third kappa shape index (κ3) is 0.932. The molecule has 1 aromatic rings. The van der Waals surface area contributed by atoms with Gasteiger partial charge in [-0.15, -0.1) is 0 Å². The molecule has 0 aromatic carbocycles. The summed E-state index contributed by atoms with van der Waals surface area (Å²) in [6, 6.07) is 1.27. The lowest BCUT2D eigenvalue weighted by Gasteiger charge is -1.94. The van der Waals surface area contributed by atoms with Crippen LogP contribution in [0.1, 0.15) is 0 Å². The lowest BCUT2D eigenvalue weighted by Crippen LogP contribution is -1.86. The molecule has 0 bridgehead atoms. The molecule has 0 N–H and O–H groups in total. The molecule has 0 spiro atoms. The summed E-state index contributed by atoms with van der Waals surface area (Å²) in [5.41, 5.74) is 0. The molecule has 0 aliphatic carbocycles. The normalized spacial score (nSPS) is 13.6. The van der Waals surface area contributed by atoms with Crippen molar-refractivity contribution in [3.05, 3.63) is 12.3 Å². The lowest BCUT2D eigenvalue weighted by molar-refractivity contribution is 0.398. The maximum Gasteiger partial charge on any atom is 0.156 e. The maximum atomic E-state index is 9.94. The highest BCUT2D eigenvalue weighted by Crippen LogP contribution is 1.96. The van der Waals surface area contributed by atoms with Gasteiger partial charge in [0, 0.05) is 17.1 Å². The van der Waals surface area contributed by atoms with Crippen molar-refractivity contribution in [1.82, 2.24) is 5.16 Å². The molecule has 8 heavy (non-hydrogen) atoms. The van der Waals surface area contributed by atoms with Crippen LogP contribution in [0.5, 0.6) is 0 Å². The van der Waals surface area contributed by atoms with Crippen LogP contribution in [-0.4, -0.2) is 13.9 Å². The first kappa shape index (κ1) is 5.46. The molecule has 1 heterocycles. The molecule has 44 valence electrons. The predicted molar refractivity (Wildman–Crippen MR) is 23.7 cm³/mol. The number of nitrogens with zero attached hydrogens (tertiary/aromatic N) is 1. The van der Waals surface area contributed by atoms with Crippen LogP contribution in [0.2, 0.25) is 0 Å². The van der Waals surface area contributed by atoms with Crippen molar-refractivity contribution in [3.8, 4) is 0 Å². The second-order valence-corrected chi connectivity index (χ2v) is 1.96. The molecule has 1 rings (SSSR count). The summed E-state index contributed by atoms with van der Waals surface area (Å²) in [6.07, 6.45) is 1.20. The summed E-state index contributed by atoms with van der Waals surface area (Å²) in [4.78, 5) is 0. The summed E-state index contributed by atoms with van der Waals surface area (Å²) in [5.74, 6) is 0. The van der Waals surface area contributed by atoms with Crippen LogP contribution in [-0.2, 0) is 11.1 Å². The van der Waals surface area contributed by atoms with E-state index in [1.54, 1.807) is 0 Å². The van der Waals surface area contributed by atoms with Crippen LogP contribution in [0.4, 0.5) is 0 Å². The van der Waals surface area contributed by atoms with Crippen LogP contribution in [0.3, 0.4) is 0 Å². The van der Waals surface area contributed by atoms with Crippen molar-refractivity contribution >= 4 is 11.1 Å². The van der Waals surface area contributed by atoms with Gasteiger partial charge >= 0.3 is 0 Å². The van der Waals surface area contributed by atoms with E-state index in [0.29, 0.717) is 0 Å². The fraction of sp³-hybridized carbons (Fsp3) is 0. The Kier molecular flexibility index (Phi) is 1.40. The Balaban J connectivity index is 2.93. The van der Waals surface area contributed by atoms with E-state index in [9.17, 15) is 8.76 Å². The highest BCUT2D eigenvalue weighted by Gasteiger charge is 1.91. The minimum Gasteiger partial charge on any atom is -0.767 e. The molecular formula is C3H2NO3S-. The van der Waals surface area contributed by atoms with Gasteiger partial charge in [0.25, 0.3) is 0 Å². The van der Waals surface area contributed by atoms with Crippen molar-refractivity contribution in [2.75, 3.05) is 0 Å². The van der Waals surface area contributed by atoms with Crippen LogP contribution in [0, 0.1) is 0 Å². The second-order valence-electron chi connectivity index (χ2n) is 1.07. The maximum absolute atomic E-state index is 9.94. The van der Waals surface area contributed by atoms with Crippen molar-refractivity contribution in [2.24, 2.45) is 0 Å². The molecule has 0 fully saturated rings. The van der Waals surface area contributed by atoms with Crippen LogP contribution in [0.15, 0.2) is 21.9 Å². The standard InChI is InChI=1S/C3H3NO3S/c5-8(6)3-1-2-7-4-3/h1-2H,(H,5,6)/p-1. The quantitative estimate of drug-likeness (QED) is 0.501. The first-order valence-electron chi connectivity index (χ1n) is 1.80. The average Bonchev–Trinajstić information content (AvgIpc) is 2.12. The van der Waals surface area contributed by atoms with Gasteiger partial charge in [-0.25, -0.2) is 0 Å². The highest BCUT2D eigenvalue weighted by atomic mass is 32.2. The fourth-order valence-electron chi connectivity index (χ4n) is 0.287. The number of hydrogen-bond acceptors (Lipinski definition) is 4.